The lowest BCUT2D eigenvalue weighted by Gasteiger charge is -2.31. The zero-order valence-electron chi connectivity index (χ0n) is 16.6. The second-order valence-corrected chi connectivity index (χ2v) is 8.13. The van der Waals surface area contributed by atoms with Crippen LogP contribution in [0.25, 0.3) is 0 Å². The number of aromatic nitrogens is 2. The van der Waals surface area contributed by atoms with Gasteiger partial charge in [-0.3, -0.25) is 4.79 Å². The number of hydrogen-bond acceptors (Lipinski definition) is 5. The molecule has 0 atom stereocenters. The molecule has 2 aromatic rings. The summed E-state index contributed by atoms with van der Waals surface area (Å²) in [5, 5.41) is 4.20. The number of aryl methyl sites for hydroxylation is 1. The summed E-state index contributed by atoms with van der Waals surface area (Å²) in [6.45, 7) is 5.25. The first-order chi connectivity index (χ1) is 13.7. The minimum atomic E-state index is 0.226. The van der Waals surface area contributed by atoms with E-state index < -0.39 is 0 Å². The quantitative estimate of drug-likeness (QED) is 0.792. The number of rotatable bonds is 5. The summed E-state index contributed by atoms with van der Waals surface area (Å²) in [5.74, 6) is 2.68. The Kier molecular flexibility index (Phi) is 6.05. The van der Waals surface area contributed by atoms with Crippen LogP contribution in [0.5, 0.6) is 0 Å². The van der Waals surface area contributed by atoms with E-state index in [-0.39, 0.29) is 5.91 Å². The lowest BCUT2D eigenvalue weighted by molar-refractivity contribution is -0.131. The number of hydrogen-bond donors (Lipinski definition) is 0. The molecule has 0 saturated carbocycles. The van der Waals surface area contributed by atoms with E-state index in [0.29, 0.717) is 18.3 Å². The monoisotopic (exact) mass is 383 g/mol. The van der Waals surface area contributed by atoms with Crippen LogP contribution >= 0.6 is 0 Å². The smallest absolute Gasteiger partial charge is 0.226 e. The zero-order valence-corrected chi connectivity index (χ0v) is 16.6. The first kappa shape index (κ1) is 19.1. The summed E-state index contributed by atoms with van der Waals surface area (Å²) in [6.07, 6.45) is 5.24. The van der Waals surface area contributed by atoms with E-state index in [2.05, 4.69) is 29.2 Å². The molecule has 0 spiro atoms. The van der Waals surface area contributed by atoms with Crippen molar-refractivity contribution in [2.75, 3.05) is 26.3 Å². The molecule has 0 aliphatic carbocycles. The molecule has 2 aliphatic rings. The predicted molar refractivity (Wildman–Crippen MR) is 105 cm³/mol. The van der Waals surface area contributed by atoms with Crippen molar-refractivity contribution in [2.24, 2.45) is 5.92 Å². The number of nitrogens with zero attached hydrogens (tertiary/aromatic N) is 3. The minimum absolute atomic E-state index is 0.226. The fourth-order valence-electron chi connectivity index (χ4n) is 4.21. The maximum absolute atomic E-state index is 12.6. The van der Waals surface area contributed by atoms with Crippen LogP contribution < -0.4 is 0 Å². The Hall–Kier alpha value is -2.21. The third-order valence-electron chi connectivity index (χ3n) is 5.94. The first-order valence-corrected chi connectivity index (χ1v) is 10.4. The molecule has 6 heteroatoms. The number of carbonyl (C=O) groups is 1. The molecule has 4 rings (SSSR count). The van der Waals surface area contributed by atoms with Gasteiger partial charge in [-0.05, 0) is 44.1 Å². The average Bonchev–Trinajstić information content (AvgIpc) is 3.18. The molecule has 0 unspecified atom stereocenters. The summed E-state index contributed by atoms with van der Waals surface area (Å²) in [7, 11) is 0. The van der Waals surface area contributed by atoms with Crippen molar-refractivity contribution in [1.82, 2.24) is 15.0 Å². The molecule has 0 N–H and O–H groups in total. The van der Waals surface area contributed by atoms with Crippen LogP contribution in [0, 0.1) is 12.8 Å². The van der Waals surface area contributed by atoms with Crippen LogP contribution in [0.1, 0.15) is 54.4 Å². The third kappa shape index (κ3) is 4.79. The van der Waals surface area contributed by atoms with Gasteiger partial charge >= 0.3 is 0 Å². The van der Waals surface area contributed by atoms with E-state index in [9.17, 15) is 4.79 Å². The molecule has 2 aliphatic heterocycles. The minimum Gasteiger partial charge on any atom is -0.381 e. The first-order valence-electron chi connectivity index (χ1n) is 10.4. The van der Waals surface area contributed by atoms with Gasteiger partial charge in [-0.15, -0.1) is 0 Å². The van der Waals surface area contributed by atoms with Crippen molar-refractivity contribution in [3.63, 3.8) is 0 Å². The van der Waals surface area contributed by atoms with Crippen LogP contribution in [0.2, 0.25) is 0 Å². The molecule has 1 aromatic carbocycles. The largest absolute Gasteiger partial charge is 0.381 e. The topological polar surface area (TPSA) is 68.5 Å². The molecule has 2 saturated heterocycles. The van der Waals surface area contributed by atoms with Crippen LogP contribution in [-0.4, -0.2) is 47.3 Å². The van der Waals surface area contributed by atoms with Gasteiger partial charge in [-0.25, -0.2) is 0 Å². The molecule has 2 fully saturated rings. The normalized spacial score (nSPS) is 19.1. The summed E-state index contributed by atoms with van der Waals surface area (Å²) in [6, 6.07) is 8.20. The Bertz CT molecular complexity index is 790. The molecule has 1 amide bonds. The number of benzene rings is 1. The second-order valence-electron chi connectivity index (χ2n) is 8.13. The number of ether oxygens (including phenoxy) is 1. The summed E-state index contributed by atoms with van der Waals surface area (Å²) in [4.78, 5) is 19.2. The molecule has 3 heterocycles. The van der Waals surface area contributed by atoms with Crippen LogP contribution in [0.15, 0.2) is 28.8 Å². The van der Waals surface area contributed by atoms with Gasteiger partial charge in [0.1, 0.15) is 0 Å². The van der Waals surface area contributed by atoms with E-state index in [1.54, 1.807) is 0 Å². The highest BCUT2D eigenvalue weighted by Crippen LogP contribution is 2.26. The van der Waals surface area contributed by atoms with Gasteiger partial charge in [-0.2, -0.15) is 4.98 Å². The van der Waals surface area contributed by atoms with Gasteiger partial charge in [0, 0.05) is 38.6 Å². The molecular formula is C22H29N3O3. The van der Waals surface area contributed by atoms with E-state index in [1.807, 2.05) is 17.0 Å². The van der Waals surface area contributed by atoms with Crippen molar-refractivity contribution in [1.29, 1.82) is 0 Å². The van der Waals surface area contributed by atoms with Gasteiger partial charge in [0.2, 0.25) is 11.8 Å². The Labute approximate surface area is 166 Å². The van der Waals surface area contributed by atoms with Crippen LogP contribution in [-0.2, 0) is 22.4 Å². The maximum Gasteiger partial charge on any atom is 0.226 e. The molecular weight excluding hydrogens is 354 g/mol. The Morgan fingerprint density at radius 2 is 1.96 bits per heavy atom. The standard InChI is InChI=1S/C22H29N3O3/c1-16-3-2-4-18(13-16)15-21(26)25-9-5-17(6-10-25)14-20-23-22(24-28-20)19-7-11-27-12-8-19/h2-4,13,17,19H,5-12,14-15H2,1H3. The lowest BCUT2D eigenvalue weighted by Crippen LogP contribution is -2.39. The molecule has 6 nitrogen and oxygen atoms in total. The number of piperidine rings is 1. The predicted octanol–water partition coefficient (Wildman–Crippen LogP) is 3.30. The van der Waals surface area contributed by atoms with Gasteiger partial charge in [-0.1, -0.05) is 35.0 Å². The number of likely N-dealkylation sites (tertiary alicyclic amines) is 1. The van der Waals surface area contributed by atoms with E-state index in [0.717, 1.165) is 75.7 Å². The molecule has 28 heavy (non-hydrogen) atoms. The lowest BCUT2D eigenvalue weighted by atomic mass is 9.93. The molecule has 1 aromatic heterocycles. The van der Waals surface area contributed by atoms with E-state index in [1.165, 1.54) is 5.56 Å². The Balaban J connectivity index is 1.25. The van der Waals surface area contributed by atoms with Gasteiger partial charge in [0.15, 0.2) is 5.82 Å². The highest BCUT2D eigenvalue weighted by molar-refractivity contribution is 5.78. The summed E-state index contributed by atoms with van der Waals surface area (Å²) < 4.78 is 10.9. The molecule has 0 bridgehead atoms. The van der Waals surface area contributed by atoms with Gasteiger partial charge < -0.3 is 14.2 Å². The fraction of sp³-hybridized carbons (Fsp3) is 0.591. The molecule has 150 valence electrons. The third-order valence-corrected chi connectivity index (χ3v) is 5.94. The Morgan fingerprint density at radius 1 is 1.18 bits per heavy atom. The highest BCUT2D eigenvalue weighted by Gasteiger charge is 2.26. The van der Waals surface area contributed by atoms with Crippen molar-refractivity contribution >= 4 is 5.91 Å². The second kappa shape index (κ2) is 8.86. The van der Waals surface area contributed by atoms with Crippen molar-refractivity contribution < 1.29 is 14.1 Å². The van der Waals surface area contributed by atoms with Crippen LogP contribution in [0.3, 0.4) is 0 Å². The average molecular weight is 383 g/mol. The number of amides is 1. The van der Waals surface area contributed by atoms with Crippen molar-refractivity contribution in [3.05, 3.63) is 47.1 Å². The van der Waals surface area contributed by atoms with E-state index >= 15 is 0 Å². The van der Waals surface area contributed by atoms with Gasteiger partial charge in [0.05, 0.1) is 6.42 Å². The van der Waals surface area contributed by atoms with Crippen molar-refractivity contribution in [3.8, 4) is 0 Å². The van der Waals surface area contributed by atoms with Crippen molar-refractivity contribution in [2.45, 2.75) is 51.4 Å². The zero-order chi connectivity index (χ0) is 19.3. The summed E-state index contributed by atoms with van der Waals surface area (Å²) >= 11 is 0. The SMILES string of the molecule is Cc1cccc(CC(=O)N2CCC(Cc3nc(C4CCOCC4)no3)CC2)c1. The van der Waals surface area contributed by atoms with Gasteiger partial charge in [0.25, 0.3) is 0 Å². The highest BCUT2D eigenvalue weighted by atomic mass is 16.5. The van der Waals surface area contributed by atoms with Crippen LogP contribution in [0.4, 0.5) is 0 Å². The fourth-order valence-corrected chi connectivity index (χ4v) is 4.21. The number of carbonyl (C=O) groups excluding carboxylic acids is 1. The Morgan fingerprint density at radius 3 is 2.71 bits per heavy atom. The maximum atomic E-state index is 12.6. The summed E-state index contributed by atoms with van der Waals surface area (Å²) in [5.41, 5.74) is 2.29. The van der Waals surface area contributed by atoms with E-state index in [4.69, 9.17) is 9.26 Å². The molecule has 0 radical (unpaired) electrons.